The zero-order valence-corrected chi connectivity index (χ0v) is 35.4. The lowest BCUT2D eigenvalue weighted by molar-refractivity contribution is -0.138. The Labute approximate surface area is 373 Å². The van der Waals surface area contributed by atoms with E-state index in [0.717, 1.165) is 80.3 Å². The number of aryl methyl sites for hydroxylation is 2. The maximum atomic E-state index is 11.8. The first-order valence-corrected chi connectivity index (χ1v) is 20.3. The molecule has 0 spiro atoms. The monoisotopic (exact) mass is 912 g/mol. The summed E-state index contributed by atoms with van der Waals surface area (Å²) in [4.78, 5) is 64.3. The largest absolute Gasteiger partial charge is 0.504 e. The van der Waals surface area contributed by atoms with Gasteiger partial charge in [0.05, 0.1) is 17.5 Å². The fraction of sp³-hybridized carbons (Fsp3) is 0.348. The SMILES string of the molecule is O=C(O)CCC(=O)CCCc1ccc(O)c(O)c1.O=C(O)CCCCCCCCC(=O)CCCc1ccc(O)c(O)c1.O=C(O)c1cc(O)c(O)c(O)c1.O=C(O)c1ccc(O)c(O)c1. The predicted molar refractivity (Wildman–Crippen MR) is 232 cm³/mol. The van der Waals surface area contributed by atoms with Crippen molar-refractivity contribution in [1.82, 2.24) is 0 Å². The van der Waals surface area contributed by atoms with E-state index in [-0.39, 0.29) is 70.7 Å². The Morgan fingerprint density at radius 3 is 1.08 bits per heavy atom. The second-order valence-corrected chi connectivity index (χ2v) is 14.5. The quantitative estimate of drug-likeness (QED) is 0.0270. The minimum atomic E-state index is -1.29. The number of hydrogen-bond acceptors (Lipinski definition) is 15. The number of aromatic hydroxyl groups is 9. The number of carbonyl (C=O) groups excluding carboxylic acids is 2. The maximum absolute atomic E-state index is 11.8. The number of ketones is 2. The molecule has 0 aliphatic heterocycles. The van der Waals surface area contributed by atoms with Crippen molar-refractivity contribution < 1.29 is 95.2 Å². The molecule has 0 atom stereocenters. The highest BCUT2D eigenvalue weighted by molar-refractivity contribution is 5.89. The number of hydrogen-bond donors (Lipinski definition) is 13. The summed E-state index contributed by atoms with van der Waals surface area (Å²) in [5, 5.41) is 115. The van der Waals surface area contributed by atoms with Gasteiger partial charge in [-0.05, 0) is 104 Å². The molecule has 0 aliphatic carbocycles. The molecule has 0 amide bonds. The Balaban J connectivity index is 0.000000455. The van der Waals surface area contributed by atoms with Crippen molar-refractivity contribution in [2.75, 3.05) is 0 Å². The number of aromatic carboxylic acids is 2. The Morgan fingerprint density at radius 1 is 0.323 bits per heavy atom. The van der Waals surface area contributed by atoms with Crippen LogP contribution in [0.25, 0.3) is 0 Å². The van der Waals surface area contributed by atoms with E-state index in [1.165, 1.54) is 30.3 Å². The topological polar surface area (TPSA) is 365 Å². The third kappa shape index (κ3) is 23.9. The van der Waals surface area contributed by atoms with Gasteiger partial charge in [-0.2, -0.15) is 0 Å². The van der Waals surface area contributed by atoms with Crippen molar-refractivity contribution in [3.8, 4) is 51.7 Å². The summed E-state index contributed by atoms with van der Waals surface area (Å²) in [5.41, 5.74) is 1.40. The highest BCUT2D eigenvalue weighted by Crippen LogP contribution is 2.35. The normalized spacial score (nSPS) is 10.2. The van der Waals surface area contributed by atoms with Gasteiger partial charge in [0.15, 0.2) is 51.7 Å². The van der Waals surface area contributed by atoms with Crippen LogP contribution in [0.5, 0.6) is 51.7 Å². The summed E-state index contributed by atoms with van der Waals surface area (Å²) >= 11 is 0. The lowest BCUT2D eigenvalue weighted by Gasteiger charge is -2.04. The summed E-state index contributed by atoms with van der Waals surface area (Å²) in [7, 11) is 0. The summed E-state index contributed by atoms with van der Waals surface area (Å²) in [6, 6.07) is 14.3. The van der Waals surface area contributed by atoms with Gasteiger partial charge < -0.3 is 66.4 Å². The highest BCUT2D eigenvalue weighted by Gasteiger charge is 2.12. The second-order valence-electron chi connectivity index (χ2n) is 14.5. The minimum Gasteiger partial charge on any atom is -0.504 e. The van der Waals surface area contributed by atoms with E-state index in [4.69, 9.17) is 51.1 Å². The van der Waals surface area contributed by atoms with E-state index >= 15 is 0 Å². The van der Waals surface area contributed by atoms with Crippen molar-refractivity contribution >= 4 is 35.4 Å². The van der Waals surface area contributed by atoms with Crippen LogP contribution < -0.4 is 0 Å². The summed E-state index contributed by atoms with van der Waals surface area (Å²) in [5.74, 6) is -7.32. The summed E-state index contributed by atoms with van der Waals surface area (Å²) < 4.78 is 0. The van der Waals surface area contributed by atoms with Gasteiger partial charge in [-0.1, -0.05) is 37.8 Å². The average molecular weight is 913 g/mol. The molecular weight excluding hydrogens is 856 g/mol. The van der Waals surface area contributed by atoms with Crippen molar-refractivity contribution in [3.05, 3.63) is 89.0 Å². The van der Waals surface area contributed by atoms with E-state index < -0.39 is 46.9 Å². The molecule has 19 heteroatoms. The first-order valence-electron chi connectivity index (χ1n) is 20.3. The number of rotatable bonds is 22. The predicted octanol–water partition coefficient (Wildman–Crippen LogP) is 7.35. The molecule has 0 saturated heterocycles. The van der Waals surface area contributed by atoms with Crippen LogP contribution in [-0.4, -0.2) is 102 Å². The molecule has 4 aromatic carbocycles. The van der Waals surface area contributed by atoms with E-state index in [1.807, 2.05) is 0 Å². The molecule has 19 nitrogen and oxygen atoms in total. The number of aliphatic carboxylic acids is 2. The molecule has 0 aliphatic rings. The van der Waals surface area contributed by atoms with Crippen molar-refractivity contribution in [1.29, 1.82) is 0 Å². The van der Waals surface area contributed by atoms with Crippen LogP contribution >= 0.6 is 0 Å². The number of phenols is 9. The summed E-state index contributed by atoms with van der Waals surface area (Å²) in [6.07, 6.45) is 10.0. The van der Waals surface area contributed by atoms with Gasteiger partial charge in [-0.15, -0.1) is 0 Å². The molecular formula is C46H56O19. The van der Waals surface area contributed by atoms with Crippen LogP contribution in [-0.2, 0) is 32.0 Å². The molecule has 0 saturated carbocycles. The molecule has 0 radical (unpaired) electrons. The number of carboxylic acids is 4. The molecule has 65 heavy (non-hydrogen) atoms. The van der Waals surface area contributed by atoms with Crippen LogP contribution in [0, 0.1) is 0 Å². The molecule has 4 rings (SSSR count). The van der Waals surface area contributed by atoms with Gasteiger partial charge in [0.25, 0.3) is 0 Å². The van der Waals surface area contributed by atoms with Crippen LogP contribution in [0.3, 0.4) is 0 Å². The molecule has 13 N–H and O–H groups in total. The van der Waals surface area contributed by atoms with Crippen LogP contribution in [0.2, 0.25) is 0 Å². The second kappa shape index (κ2) is 29.6. The maximum Gasteiger partial charge on any atom is 0.335 e. The Bertz CT molecular complexity index is 2170. The number of benzene rings is 4. The Hall–Kier alpha value is -7.70. The first-order chi connectivity index (χ1) is 30.6. The third-order valence-electron chi connectivity index (χ3n) is 9.17. The van der Waals surface area contributed by atoms with Gasteiger partial charge in [0, 0.05) is 32.1 Å². The molecule has 0 fully saturated rings. The molecule has 0 unspecified atom stereocenters. The van der Waals surface area contributed by atoms with Gasteiger partial charge in [-0.25, -0.2) is 9.59 Å². The summed E-state index contributed by atoms with van der Waals surface area (Å²) in [6.45, 7) is 0. The van der Waals surface area contributed by atoms with Crippen LogP contribution in [0.15, 0.2) is 66.7 Å². The highest BCUT2D eigenvalue weighted by atomic mass is 16.4. The van der Waals surface area contributed by atoms with Gasteiger partial charge in [0.1, 0.15) is 11.6 Å². The Kier molecular flexibility index (Phi) is 25.2. The molecule has 4 aromatic rings. The number of phenolic OH excluding ortho intramolecular Hbond substituents is 9. The molecule has 0 aromatic heterocycles. The lowest BCUT2D eigenvalue weighted by atomic mass is 10.0. The molecule has 0 bridgehead atoms. The van der Waals surface area contributed by atoms with Crippen LogP contribution in [0.1, 0.15) is 122 Å². The fourth-order valence-corrected chi connectivity index (χ4v) is 5.61. The number of unbranched alkanes of at least 4 members (excludes halogenated alkanes) is 5. The number of carboxylic acid groups (broad SMARTS) is 4. The lowest BCUT2D eigenvalue weighted by Crippen LogP contribution is -2.03. The molecule has 0 heterocycles. The third-order valence-corrected chi connectivity index (χ3v) is 9.17. The van der Waals surface area contributed by atoms with Crippen LogP contribution in [0.4, 0.5) is 0 Å². The van der Waals surface area contributed by atoms with Crippen molar-refractivity contribution in [2.24, 2.45) is 0 Å². The average Bonchev–Trinajstić information content (AvgIpc) is 3.24. The van der Waals surface area contributed by atoms with Gasteiger partial charge in [-0.3, -0.25) is 19.2 Å². The van der Waals surface area contributed by atoms with E-state index in [9.17, 15) is 44.1 Å². The van der Waals surface area contributed by atoms with E-state index in [1.54, 1.807) is 12.1 Å². The van der Waals surface area contributed by atoms with E-state index in [0.29, 0.717) is 38.5 Å². The zero-order chi connectivity index (χ0) is 49.1. The first kappa shape index (κ1) is 55.3. The standard InChI is InChI=1S/C19H28O5.C13H16O5.C7H6O5.C7H6O4/c20-16(9-5-3-1-2-4-6-11-19(23)24)10-7-8-15-12-13-17(21)18(22)14-15;14-10(5-7-13(17)18)3-1-2-9-4-6-11(15)12(16)8-9;8-4-1-3(7(11)12)2-5(9)6(4)10;8-5-2-1-4(7(10)11)3-6(5)9/h12-14,21-22H,1-11H2,(H,23,24);4,6,8,15-16H,1-3,5,7H2,(H,17,18);1-2,8-10H,(H,11,12);1-3,8-9H,(H,10,11). The smallest absolute Gasteiger partial charge is 0.335 e. The molecule has 354 valence electrons. The van der Waals surface area contributed by atoms with Gasteiger partial charge >= 0.3 is 23.9 Å². The number of carbonyl (C=O) groups is 6. The Morgan fingerprint density at radius 2 is 0.677 bits per heavy atom. The van der Waals surface area contributed by atoms with Gasteiger partial charge in [0.2, 0.25) is 0 Å². The van der Waals surface area contributed by atoms with Crippen molar-refractivity contribution in [2.45, 2.75) is 103 Å². The van der Waals surface area contributed by atoms with Crippen molar-refractivity contribution in [3.63, 3.8) is 0 Å². The minimum absolute atomic E-state index is 0.0553. The number of Topliss-reactive ketones (excluding diaryl/α,β-unsaturated/α-hetero) is 2. The fourth-order valence-electron chi connectivity index (χ4n) is 5.61. The zero-order valence-electron chi connectivity index (χ0n) is 35.4. The van der Waals surface area contributed by atoms with E-state index in [2.05, 4.69) is 0 Å².